The zero-order valence-corrected chi connectivity index (χ0v) is 16.0. The lowest BCUT2D eigenvalue weighted by atomic mass is 9.95. The molecule has 3 aromatic heterocycles. The maximum absolute atomic E-state index is 12.1. The number of aryl methyl sites for hydroxylation is 1. The van der Waals surface area contributed by atoms with E-state index in [-0.39, 0.29) is 31.2 Å². The van der Waals surface area contributed by atoms with Crippen LogP contribution in [0.5, 0.6) is 5.75 Å². The number of rotatable bonds is 7. The standard InChI is InChI=1S/C21H22N4O4/c26-20(14-29-18-9-10-22-16-5-2-1-4-15(16)18)23-11-12-25-21(27)8-7-17(24-25)19-6-3-13-28-19/h3,6-10,13H,1-2,4-5,11-12,14H2,(H,23,26). The predicted octanol–water partition coefficient (Wildman–Crippen LogP) is 1.97. The van der Waals surface area contributed by atoms with Gasteiger partial charge < -0.3 is 14.5 Å². The molecule has 3 aromatic rings. The molecule has 4 rings (SSSR count). The Hall–Kier alpha value is -3.42. The molecule has 0 aromatic carbocycles. The minimum Gasteiger partial charge on any atom is -0.483 e. The number of carbonyl (C=O) groups excluding carboxylic acids is 1. The van der Waals surface area contributed by atoms with E-state index in [1.807, 2.05) is 0 Å². The van der Waals surface area contributed by atoms with Crippen LogP contribution in [0, 0.1) is 0 Å². The van der Waals surface area contributed by atoms with Gasteiger partial charge >= 0.3 is 0 Å². The lowest BCUT2D eigenvalue weighted by Crippen LogP contribution is -2.34. The molecule has 0 bridgehead atoms. The third kappa shape index (κ3) is 4.53. The highest BCUT2D eigenvalue weighted by molar-refractivity contribution is 5.77. The lowest BCUT2D eigenvalue weighted by molar-refractivity contribution is -0.123. The van der Waals surface area contributed by atoms with E-state index in [1.54, 1.807) is 36.7 Å². The Kier molecular flexibility index (Phi) is 5.69. The van der Waals surface area contributed by atoms with E-state index >= 15 is 0 Å². The van der Waals surface area contributed by atoms with Gasteiger partial charge in [-0.15, -0.1) is 0 Å². The Bertz CT molecular complexity index is 1040. The van der Waals surface area contributed by atoms with E-state index in [2.05, 4.69) is 15.4 Å². The topological polar surface area (TPSA) is 99.2 Å². The summed E-state index contributed by atoms with van der Waals surface area (Å²) < 4.78 is 12.3. The maximum Gasteiger partial charge on any atom is 0.266 e. The molecule has 1 amide bonds. The smallest absolute Gasteiger partial charge is 0.266 e. The third-order valence-corrected chi connectivity index (χ3v) is 4.84. The van der Waals surface area contributed by atoms with Crippen LogP contribution in [-0.4, -0.2) is 33.8 Å². The average molecular weight is 394 g/mol. The maximum atomic E-state index is 12.1. The summed E-state index contributed by atoms with van der Waals surface area (Å²) in [7, 11) is 0. The van der Waals surface area contributed by atoms with Crippen molar-refractivity contribution in [3.05, 3.63) is 64.4 Å². The first kappa shape index (κ1) is 18.9. The second kappa shape index (κ2) is 8.72. The number of aromatic nitrogens is 3. The van der Waals surface area contributed by atoms with Gasteiger partial charge in [-0.3, -0.25) is 14.6 Å². The van der Waals surface area contributed by atoms with Gasteiger partial charge in [0, 0.05) is 30.1 Å². The van der Waals surface area contributed by atoms with Crippen LogP contribution in [0.4, 0.5) is 0 Å². The molecule has 29 heavy (non-hydrogen) atoms. The summed E-state index contributed by atoms with van der Waals surface area (Å²) in [6.07, 6.45) is 7.41. The molecule has 0 radical (unpaired) electrons. The largest absolute Gasteiger partial charge is 0.483 e. The molecule has 0 aliphatic heterocycles. The number of nitrogens with one attached hydrogen (secondary N) is 1. The third-order valence-electron chi connectivity index (χ3n) is 4.84. The Morgan fingerprint density at radius 2 is 2.10 bits per heavy atom. The first-order valence-corrected chi connectivity index (χ1v) is 9.69. The summed E-state index contributed by atoms with van der Waals surface area (Å²) in [6, 6.07) is 8.38. The van der Waals surface area contributed by atoms with Crippen molar-refractivity contribution in [2.45, 2.75) is 32.2 Å². The second-order valence-corrected chi connectivity index (χ2v) is 6.84. The lowest BCUT2D eigenvalue weighted by Gasteiger charge is -2.18. The van der Waals surface area contributed by atoms with Crippen molar-refractivity contribution in [2.24, 2.45) is 0 Å². The average Bonchev–Trinajstić information content (AvgIpc) is 3.28. The molecule has 1 aliphatic rings. The molecular formula is C21H22N4O4. The van der Waals surface area contributed by atoms with Crippen molar-refractivity contribution in [1.29, 1.82) is 0 Å². The molecule has 0 unspecified atom stereocenters. The van der Waals surface area contributed by atoms with Gasteiger partial charge in [0.2, 0.25) is 0 Å². The highest BCUT2D eigenvalue weighted by atomic mass is 16.5. The van der Waals surface area contributed by atoms with Crippen LogP contribution in [0.15, 0.2) is 52.0 Å². The van der Waals surface area contributed by atoms with E-state index in [0.29, 0.717) is 11.5 Å². The highest BCUT2D eigenvalue weighted by Crippen LogP contribution is 2.27. The van der Waals surface area contributed by atoms with Gasteiger partial charge in [-0.25, -0.2) is 4.68 Å². The number of amides is 1. The monoisotopic (exact) mass is 394 g/mol. The van der Waals surface area contributed by atoms with E-state index in [1.165, 1.54) is 10.7 Å². The van der Waals surface area contributed by atoms with Gasteiger partial charge in [0.1, 0.15) is 11.4 Å². The number of fused-ring (bicyclic) bond motifs is 1. The van der Waals surface area contributed by atoms with Gasteiger partial charge in [-0.1, -0.05) is 0 Å². The summed E-state index contributed by atoms with van der Waals surface area (Å²) in [4.78, 5) is 28.5. The second-order valence-electron chi connectivity index (χ2n) is 6.84. The van der Waals surface area contributed by atoms with Crippen LogP contribution < -0.4 is 15.6 Å². The molecule has 0 saturated heterocycles. The Morgan fingerprint density at radius 3 is 2.97 bits per heavy atom. The SMILES string of the molecule is O=C(COc1ccnc2c1CCCC2)NCCn1nc(-c2ccco2)ccc1=O. The van der Waals surface area contributed by atoms with Crippen molar-refractivity contribution in [3.8, 4) is 17.2 Å². The number of pyridine rings is 1. The molecule has 0 saturated carbocycles. The van der Waals surface area contributed by atoms with Crippen LogP contribution in [0.3, 0.4) is 0 Å². The van der Waals surface area contributed by atoms with Crippen LogP contribution in [0.1, 0.15) is 24.1 Å². The molecule has 1 N–H and O–H groups in total. The number of hydrogen-bond donors (Lipinski definition) is 1. The van der Waals surface area contributed by atoms with Gasteiger partial charge in [0.15, 0.2) is 12.4 Å². The normalized spacial score (nSPS) is 13.0. The summed E-state index contributed by atoms with van der Waals surface area (Å²) in [5, 5.41) is 7.03. The fourth-order valence-corrected chi connectivity index (χ4v) is 3.39. The van der Waals surface area contributed by atoms with Crippen molar-refractivity contribution in [3.63, 3.8) is 0 Å². The van der Waals surface area contributed by atoms with Gasteiger partial charge in [-0.2, -0.15) is 5.10 Å². The summed E-state index contributed by atoms with van der Waals surface area (Å²) in [5.41, 5.74) is 2.49. The molecule has 0 atom stereocenters. The van der Waals surface area contributed by atoms with Crippen LogP contribution in [0.25, 0.3) is 11.5 Å². The quantitative estimate of drug-likeness (QED) is 0.658. The summed E-state index contributed by atoms with van der Waals surface area (Å²) in [5.74, 6) is 1.06. The molecule has 150 valence electrons. The first-order chi connectivity index (χ1) is 14.2. The summed E-state index contributed by atoms with van der Waals surface area (Å²) in [6.45, 7) is 0.445. The number of furan rings is 1. The predicted molar refractivity (Wildman–Crippen MR) is 106 cm³/mol. The van der Waals surface area contributed by atoms with Crippen molar-refractivity contribution in [2.75, 3.05) is 13.2 Å². The molecule has 0 spiro atoms. The molecule has 3 heterocycles. The Labute approximate surface area is 167 Å². The summed E-state index contributed by atoms with van der Waals surface area (Å²) >= 11 is 0. The molecule has 0 fully saturated rings. The zero-order valence-electron chi connectivity index (χ0n) is 16.0. The zero-order chi connectivity index (χ0) is 20.1. The van der Waals surface area contributed by atoms with Crippen LogP contribution in [-0.2, 0) is 24.2 Å². The first-order valence-electron chi connectivity index (χ1n) is 9.69. The number of hydrogen-bond acceptors (Lipinski definition) is 6. The number of carbonyl (C=O) groups is 1. The highest BCUT2D eigenvalue weighted by Gasteiger charge is 2.16. The van der Waals surface area contributed by atoms with Gasteiger partial charge in [0.05, 0.1) is 12.8 Å². The number of nitrogens with zero attached hydrogens (tertiary/aromatic N) is 3. The molecular weight excluding hydrogens is 372 g/mol. The van der Waals surface area contributed by atoms with Crippen LogP contribution in [0.2, 0.25) is 0 Å². The molecule has 8 heteroatoms. The fraction of sp³-hybridized carbons (Fsp3) is 0.333. The fourth-order valence-electron chi connectivity index (χ4n) is 3.39. The van der Waals surface area contributed by atoms with E-state index in [9.17, 15) is 9.59 Å². The minimum absolute atomic E-state index is 0.0782. The Balaban J connectivity index is 1.30. The molecule has 8 nitrogen and oxygen atoms in total. The minimum atomic E-state index is -0.249. The van der Waals surface area contributed by atoms with E-state index < -0.39 is 0 Å². The molecule has 1 aliphatic carbocycles. The Morgan fingerprint density at radius 1 is 1.21 bits per heavy atom. The van der Waals surface area contributed by atoms with Crippen LogP contribution >= 0.6 is 0 Å². The van der Waals surface area contributed by atoms with Crippen molar-refractivity contribution < 1.29 is 13.9 Å². The number of ether oxygens (including phenoxy) is 1. The van der Waals surface area contributed by atoms with Crippen molar-refractivity contribution >= 4 is 5.91 Å². The van der Waals surface area contributed by atoms with Gasteiger partial charge in [0.25, 0.3) is 11.5 Å². The van der Waals surface area contributed by atoms with E-state index in [4.69, 9.17) is 9.15 Å². The van der Waals surface area contributed by atoms with Crippen molar-refractivity contribution in [1.82, 2.24) is 20.1 Å². The van der Waals surface area contributed by atoms with Gasteiger partial charge in [-0.05, 0) is 49.9 Å². The van der Waals surface area contributed by atoms with E-state index in [0.717, 1.165) is 42.7 Å².